The molecule has 0 bridgehead atoms. The van der Waals surface area contributed by atoms with Gasteiger partial charge in [-0.25, -0.2) is 4.79 Å². The van der Waals surface area contributed by atoms with Gasteiger partial charge in [0.1, 0.15) is 0 Å². The highest BCUT2D eigenvalue weighted by atomic mass is 16.4. The van der Waals surface area contributed by atoms with Crippen LogP contribution in [0.5, 0.6) is 0 Å². The van der Waals surface area contributed by atoms with Gasteiger partial charge in [-0.3, -0.25) is 10.4 Å². The van der Waals surface area contributed by atoms with Crippen LogP contribution in [0.4, 0.5) is 17.1 Å². The topological polar surface area (TPSA) is 114 Å². The number of carbonyl (C=O) groups is 1. The molecule has 0 spiro atoms. The Bertz CT molecular complexity index is 1070. The number of hydrogen-bond acceptors (Lipinski definition) is 4. The fraction of sp³-hybridized carbons (Fsp3) is 0.0870. The van der Waals surface area contributed by atoms with Gasteiger partial charge in [0.25, 0.3) is 0 Å². The van der Waals surface area contributed by atoms with Crippen molar-refractivity contribution in [3.63, 3.8) is 0 Å². The summed E-state index contributed by atoms with van der Waals surface area (Å²) in [4.78, 5) is 15.7. The molecule has 3 aromatic rings. The first-order valence-electron chi connectivity index (χ1n) is 9.22. The molecule has 0 atom stereocenters. The molecule has 3 rings (SSSR count). The quantitative estimate of drug-likeness (QED) is 0.368. The van der Waals surface area contributed by atoms with Crippen LogP contribution in [-0.4, -0.2) is 21.8 Å². The molecule has 0 radical (unpaired) electrons. The number of anilines is 3. The number of allylic oxidation sites excluding steroid dienone is 1. The Balaban J connectivity index is 1.76. The summed E-state index contributed by atoms with van der Waals surface area (Å²) in [6.45, 7) is 2.08. The number of benzene rings is 2. The van der Waals surface area contributed by atoms with Crippen molar-refractivity contribution >= 4 is 34.8 Å². The molecule has 1 aromatic heterocycles. The molecule has 29 heavy (non-hydrogen) atoms. The largest absolute Gasteiger partial charge is 0.478 e. The van der Waals surface area contributed by atoms with Gasteiger partial charge in [0.15, 0.2) is 0 Å². The van der Waals surface area contributed by atoms with Gasteiger partial charge >= 0.3 is 5.97 Å². The maximum absolute atomic E-state index is 11.3. The highest BCUT2D eigenvalue weighted by Crippen LogP contribution is 2.24. The molecule has 6 nitrogen and oxygen atoms in total. The van der Waals surface area contributed by atoms with E-state index in [4.69, 9.17) is 11.1 Å². The second-order valence-corrected chi connectivity index (χ2v) is 6.51. The van der Waals surface area contributed by atoms with Crippen LogP contribution in [0.15, 0.2) is 66.9 Å². The van der Waals surface area contributed by atoms with E-state index < -0.39 is 5.97 Å². The molecule has 6 N–H and O–H groups in total. The summed E-state index contributed by atoms with van der Waals surface area (Å²) in [5.74, 6) is -0.999. The Morgan fingerprint density at radius 2 is 1.97 bits per heavy atom. The Hall–Kier alpha value is -3.93. The van der Waals surface area contributed by atoms with E-state index >= 15 is 0 Å². The van der Waals surface area contributed by atoms with E-state index in [1.54, 1.807) is 48.5 Å². The van der Waals surface area contributed by atoms with Crippen LogP contribution < -0.4 is 16.5 Å². The van der Waals surface area contributed by atoms with Crippen LogP contribution in [0.25, 0.3) is 6.08 Å². The monoisotopic (exact) mass is 387 g/mol. The highest BCUT2D eigenvalue weighted by molar-refractivity contribution is 6.10. The number of nitrogens with two attached hydrogens (primary N) is 2. The molecule has 0 aliphatic heterocycles. The Morgan fingerprint density at radius 3 is 2.62 bits per heavy atom. The summed E-state index contributed by atoms with van der Waals surface area (Å²) in [6.07, 6.45) is 6.40. The number of para-hydroxylation sites is 1. The Morgan fingerprint density at radius 1 is 1.17 bits per heavy atom. The van der Waals surface area contributed by atoms with Gasteiger partial charge in [-0.2, -0.15) is 0 Å². The van der Waals surface area contributed by atoms with E-state index in [-0.39, 0.29) is 5.56 Å². The average molecular weight is 387 g/mol. The molecule has 0 aliphatic carbocycles. The van der Waals surface area contributed by atoms with Crippen molar-refractivity contribution in [1.82, 2.24) is 4.98 Å². The third-order valence-electron chi connectivity index (χ3n) is 4.49. The lowest BCUT2D eigenvalue weighted by atomic mass is 10.1. The lowest BCUT2D eigenvalue weighted by Crippen LogP contribution is -2.39. The molecule has 2 aromatic carbocycles. The van der Waals surface area contributed by atoms with Gasteiger partial charge in [0, 0.05) is 23.6 Å². The Labute approximate surface area is 169 Å². The standard InChI is InChI=1S/C23H22N4O2/c1-2-15-7-8-16(26-14-15)10-12-20(24)18-11-9-17(13-21(18)25)27-22-6-4-3-5-19(22)23(28)29/h3-14,24,27H,2,25H2,1H3,(H,28,29)/p+1/b12-10+,24-20?. The molecule has 0 saturated carbocycles. The molecule has 0 amide bonds. The Kier molecular flexibility index (Phi) is 6.04. The fourth-order valence-electron chi connectivity index (χ4n) is 2.85. The molecule has 0 fully saturated rings. The third kappa shape index (κ3) is 4.87. The van der Waals surface area contributed by atoms with Gasteiger partial charge < -0.3 is 16.2 Å². The minimum Gasteiger partial charge on any atom is -0.478 e. The van der Waals surface area contributed by atoms with Crippen LogP contribution in [0.3, 0.4) is 0 Å². The lowest BCUT2D eigenvalue weighted by molar-refractivity contribution is -0.110. The zero-order valence-electron chi connectivity index (χ0n) is 16.1. The number of nitrogen functional groups attached to an aromatic ring is 1. The minimum absolute atomic E-state index is 0.186. The van der Waals surface area contributed by atoms with Crippen molar-refractivity contribution in [2.24, 2.45) is 0 Å². The number of nitrogens with zero attached hydrogens (tertiary/aromatic N) is 1. The minimum atomic E-state index is -0.999. The van der Waals surface area contributed by atoms with Crippen LogP contribution in [-0.2, 0) is 6.42 Å². The summed E-state index contributed by atoms with van der Waals surface area (Å²) < 4.78 is 0. The third-order valence-corrected chi connectivity index (χ3v) is 4.49. The molecule has 6 heteroatoms. The van der Waals surface area contributed by atoms with Gasteiger partial charge in [-0.15, -0.1) is 0 Å². The molecule has 0 saturated heterocycles. The summed E-state index contributed by atoms with van der Waals surface area (Å²) >= 11 is 0. The normalized spacial score (nSPS) is 10.8. The maximum atomic E-state index is 11.3. The number of aromatic carboxylic acids is 1. The van der Waals surface area contributed by atoms with Gasteiger partial charge in [0.05, 0.1) is 22.5 Å². The molecule has 0 aliphatic rings. The maximum Gasteiger partial charge on any atom is 0.337 e. The summed E-state index contributed by atoms with van der Waals surface area (Å²) in [6, 6.07) is 16.0. The first kappa shape index (κ1) is 19.8. The fourth-order valence-corrected chi connectivity index (χ4v) is 2.85. The number of pyridine rings is 1. The van der Waals surface area contributed by atoms with E-state index in [0.29, 0.717) is 28.3 Å². The van der Waals surface area contributed by atoms with Crippen molar-refractivity contribution in [3.05, 3.63) is 89.3 Å². The van der Waals surface area contributed by atoms with E-state index in [0.717, 1.165) is 12.1 Å². The highest BCUT2D eigenvalue weighted by Gasteiger charge is 2.12. The van der Waals surface area contributed by atoms with Crippen molar-refractivity contribution < 1.29 is 15.3 Å². The van der Waals surface area contributed by atoms with Crippen molar-refractivity contribution in [3.8, 4) is 0 Å². The lowest BCUT2D eigenvalue weighted by Gasteiger charge is -2.11. The smallest absolute Gasteiger partial charge is 0.337 e. The van der Waals surface area contributed by atoms with Crippen LogP contribution >= 0.6 is 0 Å². The van der Waals surface area contributed by atoms with Crippen LogP contribution in [0, 0.1) is 0 Å². The van der Waals surface area contributed by atoms with E-state index in [1.807, 2.05) is 24.4 Å². The predicted octanol–water partition coefficient (Wildman–Crippen LogP) is 2.93. The van der Waals surface area contributed by atoms with E-state index in [1.165, 1.54) is 5.56 Å². The summed E-state index contributed by atoms with van der Waals surface area (Å²) in [5, 5.41) is 18.6. The number of nitrogens with one attached hydrogen (secondary N) is 1. The van der Waals surface area contributed by atoms with Crippen LogP contribution in [0.1, 0.15) is 34.1 Å². The second kappa shape index (κ2) is 8.84. The van der Waals surface area contributed by atoms with Gasteiger partial charge in [-0.1, -0.05) is 25.1 Å². The number of hydrogen-bond donors (Lipinski definition) is 4. The number of aryl methyl sites for hydroxylation is 1. The van der Waals surface area contributed by atoms with E-state index in [2.05, 4.69) is 17.2 Å². The number of aromatic nitrogens is 1. The SMILES string of the molecule is CCc1ccc(/C=C/C(=[NH2+])c2ccc(Nc3ccccc3C(=O)O)cc2N)nc1. The zero-order chi connectivity index (χ0) is 20.8. The predicted molar refractivity (Wildman–Crippen MR) is 116 cm³/mol. The average Bonchev–Trinajstić information content (AvgIpc) is 2.72. The number of carboxylic acid groups (broad SMARTS) is 1. The molecular formula is C23H23N4O2+. The van der Waals surface area contributed by atoms with Gasteiger partial charge in [0.2, 0.25) is 5.71 Å². The van der Waals surface area contributed by atoms with Crippen molar-refractivity contribution in [2.75, 3.05) is 11.1 Å². The summed E-state index contributed by atoms with van der Waals surface area (Å²) in [7, 11) is 0. The molecular weight excluding hydrogens is 364 g/mol. The van der Waals surface area contributed by atoms with Crippen molar-refractivity contribution in [2.45, 2.75) is 13.3 Å². The van der Waals surface area contributed by atoms with Crippen molar-refractivity contribution in [1.29, 1.82) is 0 Å². The molecule has 1 heterocycles. The zero-order valence-corrected chi connectivity index (χ0v) is 16.1. The first-order chi connectivity index (χ1) is 14.0. The summed E-state index contributed by atoms with van der Waals surface area (Å²) in [5.41, 5.74) is 11.2. The molecule has 146 valence electrons. The molecule has 0 unspecified atom stereocenters. The second-order valence-electron chi connectivity index (χ2n) is 6.51. The number of carboxylic acids is 1. The van der Waals surface area contributed by atoms with Crippen LogP contribution in [0.2, 0.25) is 0 Å². The van der Waals surface area contributed by atoms with Gasteiger partial charge in [-0.05, 0) is 54.5 Å². The van der Waals surface area contributed by atoms with E-state index in [9.17, 15) is 9.90 Å². The number of rotatable bonds is 7. The first-order valence-corrected chi connectivity index (χ1v) is 9.22.